The van der Waals surface area contributed by atoms with Crippen molar-refractivity contribution < 1.29 is 4.79 Å². The maximum atomic E-state index is 12.4. The van der Waals surface area contributed by atoms with Gasteiger partial charge >= 0.3 is 0 Å². The second-order valence-electron chi connectivity index (χ2n) is 6.44. The van der Waals surface area contributed by atoms with Gasteiger partial charge in [0.2, 0.25) is 0 Å². The fraction of sp³-hybridized carbons (Fsp3) is 0.333. The fourth-order valence-electron chi connectivity index (χ4n) is 3.22. The molecule has 0 spiro atoms. The van der Waals surface area contributed by atoms with E-state index >= 15 is 0 Å². The molecule has 0 aliphatic carbocycles. The zero-order valence-corrected chi connectivity index (χ0v) is 14.4. The Morgan fingerprint density at radius 2 is 2.19 bits per heavy atom. The van der Waals surface area contributed by atoms with Crippen LogP contribution >= 0.6 is 0 Å². The molecule has 0 saturated carbocycles. The highest BCUT2D eigenvalue weighted by molar-refractivity contribution is 5.92. The molecule has 1 aromatic carbocycles. The first-order valence-electron chi connectivity index (χ1n) is 8.73. The lowest BCUT2D eigenvalue weighted by molar-refractivity contribution is 0.0946. The summed E-state index contributed by atoms with van der Waals surface area (Å²) >= 11 is 0. The summed E-state index contributed by atoms with van der Waals surface area (Å²) in [7, 11) is 0. The molecule has 3 heterocycles. The van der Waals surface area contributed by atoms with Crippen molar-refractivity contribution in [3.63, 3.8) is 0 Å². The highest BCUT2D eigenvalue weighted by atomic mass is 16.1. The number of carbonyl (C=O) groups excluding carboxylic acids is 1. The number of aromatic nitrogens is 5. The van der Waals surface area contributed by atoms with E-state index < -0.39 is 0 Å². The molecular formula is C18H21N7O. The van der Waals surface area contributed by atoms with Crippen LogP contribution in [0.3, 0.4) is 0 Å². The summed E-state index contributed by atoms with van der Waals surface area (Å²) in [5.41, 5.74) is 3.59. The minimum absolute atomic E-state index is 0.172. The van der Waals surface area contributed by atoms with E-state index in [1.807, 2.05) is 30.3 Å². The zero-order chi connectivity index (χ0) is 17.8. The lowest BCUT2D eigenvalue weighted by atomic mass is 10.0. The van der Waals surface area contributed by atoms with Crippen LogP contribution in [0.25, 0.3) is 0 Å². The van der Waals surface area contributed by atoms with Crippen molar-refractivity contribution >= 4 is 5.91 Å². The molecule has 1 atom stereocenters. The minimum atomic E-state index is -0.172. The van der Waals surface area contributed by atoms with Crippen molar-refractivity contribution in [1.82, 2.24) is 35.6 Å². The van der Waals surface area contributed by atoms with Gasteiger partial charge in [-0.25, -0.2) is 9.67 Å². The predicted molar refractivity (Wildman–Crippen MR) is 95.6 cm³/mol. The average Bonchev–Trinajstić information content (AvgIpc) is 3.41. The number of hydrogen-bond donors (Lipinski definition) is 3. The summed E-state index contributed by atoms with van der Waals surface area (Å²) in [5, 5.41) is 17.6. The number of H-pyrrole nitrogens is 1. The number of hydrogen-bond acceptors (Lipinski definition) is 5. The Morgan fingerprint density at radius 3 is 2.96 bits per heavy atom. The van der Waals surface area contributed by atoms with Gasteiger partial charge in [-0.1, -0.05) is 24.3 Å². The molecule has 2 aromatic heterocycles. The highest BCUT2D eigenvalue weighted by Gasteiger charge is 2.20. The van der Waals surface area contributed by atoms with Crippen molar-refractivity contribution in [2.45, 2.75) is 25.4 Å². The molecule has 8 nitrogen and oxygen atoms in total. The molecule has 1 aliphatic heterocycles. The summed E-state index contributed by atoms with van der Waals surface area (Å²) in [6.45, 7) is 3.00. The van der Waals surface area contributed by atoms with Gasteiger partial charge in [0.05, 0.1) is 6.54 Å². The molecule has 1 unspecified atom stereocenters. The third kappa shape index (κ3) is 3.65. The SMILES string of the molecule is O=C(NCc1ccccc1Cn1cncn1)c1cc(C2CCNC2)[nH]n1. The number of benzene rings is 1. The van der Waals surface area contributed by atoms with Gasteiger partial charge in [0.1, 0.15) is 18.3 Å². The smallest absolute Gasteiger partial charge is 0.272 e. The number of nitrogens with zero attached hydrogens (tertiary/aromatic N) is 4. The number of amides is 1. The molecule has 1 fully saturated rings. The maximum absolute atomic E-state index is 12.4. The lowest BCUT2D eigenvalue weighted by Gasteiger charge is -2.10. The number of aromatic amines is 1. The van der Waals surface area contributed by atoms with Crippen molar-refractivity contribution in [2.75, 3.05) is 13.1 Å². The van der Waals surface area contributed by atoms with Crippen LogP contribution in [0.5, 0.6) is 0 Å². The van der Waals surface area contributed by atoms with E-state index in [9.17, 15) is 4.79 Å². The topological polar surface area (TPSA) is 101 Å². The van der Waals surface area contributed by atoms with E-state index in [4.69, 9.17) is 0 Å². The van der Waals surface area contributed by atoms with E-state index in [0.717, 1.165) is 36.3 Å². The third-order valence-electron chi connectivity index (χ3n) is 4.69. The second-order valence-corrected chi connectivity index (χ2v) is 6.44. The number of nitrogens with one attached hydrogen (secondary N) is 3. The molecule has 8 heteroatoms. The van der Waals surface area contributed by atoms with Crippen molar-refractivity contribution in [1.29, 1.82) is 0 Å². The maximum Gasteiger partial charge on any atom is 0.272 e. The number of carbonyl (C=O) groups is 1. The first kappa shape index (κ1) is 16.5. The first-order chi connectivity index (χ1) is 12.8. The molecule has 0 bridgehead atoms. The normalized spacial score (nSPS) is 16.7. The van der Waals surface area contributed by atoms with Gasteiger partial charge in [-0.05, 0) is 30.2 Å². The molecule has 1 saturated heterocycles. The largest absolute Gasteiger partial charge is 0.347 e. The molecule has 3 aromatic rings. The Bertz CT molecular complexity index is 865. The van der Waals surface area contributed by atoms with Crippen LogP contribution in [0.15, 0.2) is 43.0 Å². The minimum Gasteiger partial charge on any atom is -0.347 e. The van der Waals surface area contributed by atoms with Gasteiger partial charge in [-0.3, -0.25) is 9.89 Å². The van der Waals surface area contributed by atoms with Crippen LogP contribution in [0, 0.1) is 0 Å². The Hall–Kier alpha value is -3.00. The molecular weight excluding hydrogens is 330 g/mol. The van der Waals surface area contributed by atoms with Gasteiger partial charge in [0.25, 0.3) is 5.91 Å². The highest BCUT2D eigenvalue weighted by Crippen LogP contribution is 2.20. The first-order valence-corrected chi connectivity index (χ1v) is 8.73. The monoisotopic (exact) mass is 351 g/mol. The summed E-state index contributed by atoms with van der Waals surface area (Å²) in [6, 6.07) is 9.84. The van der Waals surface area contributed by atoms with Gasteiger partial charge in [0.15, 0.2) is 0 Å². The summed E-state index contributed by atoms with van der Waals surface area (Å²) in [5.74, 6) is 0.237. The molecule has 134 valence electrons. The van der Waals surface area contributed by atoms with E-state index in [1.54, 1.807) is 11.0 Å². The average molecular weight is 351 g/mol. The van der Waals surface area contributed by atoms with E-state index in [0.29, 0.717) is 24.7 Å². The van der Waals surface area contributed by atoms with E-state index in [2.05, 4.69) is 30.9 Å². The van der Waals surface area contributed by atoms with Crippen molar-refractivity contribution in [3.8, 4) is 0 Å². The van der Waals surface area contributed by atoms with Crippen LogP contribution in [0.1, 0.15) is 39.6 Å². The van der Waals surface area contributed by atoms with Crippen LogP contribution < -0.4 is 10.6 Å². The fourth-order valence-corrected chi connectivity index (χ4v) is 3.22. The van der Waals surface area contributed by atoms with E-state index in [1.165, 1.54) is 6.33 Å². The second kappa shape index (κ2) is 7.49. The Morgan fingerprint density at radius 1 is 1.31 bits per heavy atom. The van der Waals surface area contributed by atoms with Crippen molar-refractivity contribution in [3.05, 3.63) is 65.5 Å². The standard InChI is InChI=1S/C18H21N7O/c26-18(17-7-16(23-24-17)14-5-6-19-8-14)21-9-13-3-1-2-4-15(13)10-25-12-20-11-22-25/h1-4,7,11-12,14,19H,5-6,8-10H2,(H,21,26)(H,23,24). The van der Waals surface area contributed by atoms with E-state index in [-0.39, 0.29) is 5.91 Å². The molecule has 0 radical (unpaired) electrons. The summed E-state index contributed by atoms with van der Waals surface area (Å²) in [4.78, 5) is 16.4. The zero-order valence-electron chi connectivity index (χ0n) is 14.4. The summed E-state index contributed by atoms with van der Waals surface area (Å²) < 4.78 is 1.76. The van der Waals surface area contributed by atoms with Gasteiger partial charge in [-0.15, -0.1) is 0 Å². The van der Waals surface area contributed by atoms with Crippen LogP contribution in [0.4, 0.5) is 0 Å². The molecule has 4 rings (SSSR count). The van der Waals surface area contributed by atoms with Gasteiger partial charge in [0, 0.05) is 24.7 Å². The molecule has 3 N–H and O–H groups in total. The van der Waals surface area contributed by atoms with Crippen LogP contribution in [-0.2, 0) is 13.1 Å². The van der Waals surface area contributed by atoms with Gasteiger partial charge in [-0.2, -0.15) is 10.2 Å². The molecule has 1 aliphatic rings. The Labute approximate surface area is 151 Å². The van der Waals surface area contributed by atoms with Crippen LogP contribution in [0.2, 0.25) is 0 Å². The van der Waals surface area contributed by atoms with Crippen molar-refractivity contribution in [2.24, 2.45) is 0 Å². The summed E-state index contributed by atoms with van der Waals surface area (Å²) in [6.07, 6.45) is 4.26. The molecule has 26 heavy (non-hydrogen) atoms. The molecule has 1 amide bonds. The quantitative estimate of drug-likeness (QED) is 0.616. The third-order valence-corrected chi connectivity index (χ3v) is 4.69. The van der Waals surface area contributed by atoms with Gasteiger partial charge < -0.3 is 10.6 Å². The predicted octanol–water partition coefficient (Wildman–Crippen LogP) is 1.06. The van der Waals surface area contributed by atoms with Crippen LogP contribution in [-0.4, -0.2) is 44.0 Å². The Balaban J connectivity index is 1.40. The lowest BCUT2D eigenvalue weighted by Crippen LogP contribution is -2.24. The Kier molecular flexibility index (Phi) is 4.74. The number of rotatable bonds is 6.